The van der Waals surface area contributed by atoms with E-state index in [0.29, 0.717) is 13.1 Å². The zero-order valence-electron chi connectivity index (χ0n) is 9.54. The van der Waals surface area contributed by atoms with Crippen LogP contribution < -0.4 is 16.4 Å². The highest BCUT2D eigenvalue weighted by Crippen LogP contribution is 2.22. The fourth-order valence-electron chi connectivity index (χ4n) is 2.15. The third-order valence-electron chi connectivity index (χ3n) is 3.01. The van der Waals surface area contributed by atoms with Crippen molar-refractivity contribution in [1.29, 1.82) is 5.26 Å². The van der Waals surface area contributed by atoms with Crippen LogP contribution in [0.2, 0.25) is 0 Å². The van der Waals surface area contributed by atoms with Crippen molar-refractivity contribution in [2.75, 3.05) is 13.1 Å². The quantitative estimate of drug-likeness (QED) is 0.485. The second-order valence-corrected chi connectivity index (χ2v) is 4.23. The molecule has 2 amide bonds. The Balaban J connectivity index is 2.26. The number of carbonyl (C=O) groups excluding carboxylic acids is 1. The molecule has 2 atom stereocenters. The van der Waals surface area contributed by atoms with Crippen LogP contribution in [0.15, 0.2) is 0 Å². The van der Waals surface area contributed by atoms with Crippen molar-refractivity contribution >= 4 is 6.03 Å². The number of carbonyl (C=O) groups is 1. The van der Waals surface area contributed by atoms with Crippen molar-refractivity contribution in [1.82, 2.24) is 10.6 Å². The highest BCUT2D eigenvalue weighted by molar-refractivity contribution is 5.71. The van der Waals surface area contributed by atoms with Gasteiger partial charge >= 0.3 is 6.03 Å². The molecule has 0 aliphatic heterocycles. The van der Waals surface area contributed by atoms with Crippen molar-refractivity contribution in [3.05, 3.63) is 0 Å². The molecule has 1 saturated carbocycles. The number of nitrogens with two attached hydrogens (primary N) is 1. The summed E-state index contributed by atoms with van der Waals surface area (Å²) in [4.78, 5) is 10.5. The molecule has 0 bridgehead atoms. The van der Waals surface area contributed by atoms with Gasteiger partial charge in [0.05, 0.1) is 12.0 Å². The van der Waals surface area contributed by atoms with Crippen molar-refractivity contribution < 1.29 is 4.79 Å². The molecule has 4 N–H and O–H groups in total. The van der Waals surface area contributed by atoms with Crippen molar-refractivity contribution in [3.8, 4) is 6.07 Å². The molecule has 2 unspecified atom stereocenters. The summed E-state index contributed by atoms with van der Waals surface area (Å²) >= 11 is 0. The zero-order chi connectivity index (χ0) is 11.8. The lowest BCUT2D eigenvalue weighted by molar-refractivity contribution is 0.248. The van der Waals surface area contributed by atoms with Crippen LogP contribution in [0.25, 0.3) is 0 Å². The minimum Gasteiger partial charge on any atom is -0.352 e. The van der Waals surface area contributed by atoms with E-state index < -0.39 is 6.03 Å². The van der Waals surface area contributed by atoms with E-state index >= 15 is 0 Å². The van der Waals surface area contributed by atoms with E-state index in [1.807, 2.05) is 0 Å². The smallest absolute Gasteiger partial charge is 0.312 e. The number of nitrogens with one attached hydrogen (secondary N) is 2. The van der Waals surface area contributed by atoms with Gasteiger partial charge in [-0.15, -0.1) is 0 Å². The van der Waals surface area contributed by atoms with Gasteiger partial charge < -0.3 is 16.4 Å². The van der Waals surface area contributed by atoms with Gasteiger partial charge in [-0.1, -0.05) is 19.3 Å². The summed E-state index contributed by atoms with van der Waals surface area (Å²) < 4.78 is 0. The Bertz CT molecular complexity index is 261. The molecule has 0 radical (unpaired) electrons. The molecule has 1 fully saturated rings. The molecule has 1 aliphatic rings. The van der Waals surface area contributed by atoms with Crippen LogP contribution in [0.3, 0.4) is 0 Å². The van der Waals surface area contributed by atoms with Gasteiger partial charge in [-0.05, 0) is 12.8 Å². The van der Waals surface area contributed by atoms with E-state index in [1.165, 1.54) is 12.8 Å². The lowest BCUT2D eigenvalue weighted by atomic mass is 9.96. The Morgan fingerprint density at radius 3 is 2.75 bits per heavy atom. The second-order valence-electron chi connectivity index (χ2n) is 4.23. The molecule has 0 saturated heterocycles. The van der Waals surface area contributed by atoms with Gasteiger partial charge in [0.15, 0.2) is 0 Å². The molecule has 1 rings (SSSR count). The number of hydrogen-bond acceptors (Lipinski definition) is 3. The van der Waals surface area contributed by atoms with Crippen LogP contribution in [-0.4, -0.2) is 25.2 Å². The lowest BCUT2D eigenvalue weighted by Crippen LogP contribution is -2.41. The average molecular weight is 224 g/mol. The number of rotatable bonds is 4. The van der Waals surface area contributed by atoms with Crippen LogP contribution in [0.1, 0.15) is 32.1 Å². The van der Waals surface area contributed by atoms with Crippen LogP contribution in [-0.2, 0) is 0 Å². The predicted octanol–water partition coefficient (Wildman–Crippen LogP) is 0.717. The summed E-state index contributed by atoms with van der Waals surface area (Å²) in [5, 5.41) is 14.9. The van der Waals surface area contributed by atoms with Gasteiger partial charge in [0.2, 0.25) is 0 Å². The molecule has 1 aliphatic carbocycles. The van der Waals surface area contributed by atoms with E-state index in [9.17, 15) is 4.79 Å². The van der Waals surface area contributed by atoms with Crippen LogP contribution in [0, 0.1) is 17.2 Å². The fourth-order valence-corrected chi connectivity index (χ4v) is 2.15. The zero-order valence-corrected chi connectivity index (χ0v) is 9.54. The SMILES string of the molecule is N#CC1CCCCCC1NCCNC(N)=O. The molecule has 0 aromatic heterocycles. The highest BCUT2D eigenvalue weighted by atomic mass is 16.2. The van der Waals surface area contributed by atoms with Gasteiger partial charge in [-0.25, -0.2) is 4.79 Å². The number of urea groups is 1. The Kier molecular flexibility index (Phi) is 5.65. The van der Waals surface area contributed by atoms with Crippen molar-refractivity contribution in [3.63, 3.8) is 0 Å². The molecule has 90 valence electrons. The van der Waals surface area contributed by atoms with E-state index in [0.717, 1.165) is 19.3 Å². The highest BCUT2D eigenvalue weighted by Gasteiger charge is 2.22. The first-order valence-electron chi connectivity index (χ1n) is 5.90. The van der Waals surface area contributed by atoms with Crippen LogP contribution >= 0.6 is 0 Å². The molecule has 5 nitrogen and oxygen atoms in total. The molecule has 5 heteroatoms. The summed E-state index contributed by atoms with van der Waals surface area (Å²) in [5.74, 6) is 0.107. The van der Waals surface area contributed by atoms with Gasteiger partial charge in [0.25, 0.3) is 0 Å². The summed E-state index contributed by atoms with van der Waals surface area (Å²) in [6.07, 6.45) is 5.58. The van der Waals surface area contributed by atoms with Gasteiger partial charge in [-0.2, -0.15) is 5.26 Å². The van der Waals surface area contributed by atoms with E-state index in [4.69, 9.17) is 11.0 Å². The largest absolute Gasteiger partial charge is 0.352 e. The monoisotopic (exact) mass is 224 g/mol. The van der Waals surface area contributed by atoms with Gasteiger partial charge in [0.1, 0.15) is 0 Å². The minimum absolute atomic E-state index is 0.107. The topological polar surface area (TPSA) is 90.9 Å². The molecule has 0 heterocycles. The number of nitrogens with zero attached hydrogens (tertiary/aromatic N) is 1. The Morgan fingerprint density at radius 2 is 2.06 bits per heavy atom. The normalized spacial score (nSPS) is 25.4. The average Bonchev–Trinajstić information content (AvgIpc) is 2.48. The molecular weight excluding hydrogens is 204 g/mol. The minimum atomic E-state index is -0.500. The number of amides is 2. The van der Waals surface area contributed by atoms with Gasteiger partial charge in [-0.3, -0.25) is 0 Å². The summed E-state index contributed by atoms with van der Waals surface area (Å²) in [6, 6.07) is 2.13. The van der Waals surface area contributed by atoms with Gasteiger partial charge in [0, 0.05) is 19.1 Å². The summed E-state index contributed by atoms with van der Waals surface area (Å²) in [6.45, 7) is 1.19. The van der Waals surface area contributed by atoms with Crippen molar-refractivity contribution in [2.45, 2.75) is 38.1 Å². The van der Waals surface area contributed by atoms with E-state index in [-0.39, 0.29) is 12.0 Å². The number of nitriles is 1. The standard InChI is InChI=1S/C11H20N4O/c12-8-9-4-2-1-3-5-10(9)14-6-7-15-11(13)16/h9-10,14H,1-7H2,(H3,13,15,16). The second kappa shape index (κ2) is 7.07. The maximum absolute atomic E-state index is 10.5. The number of hydrogen-bond donors (Lipinski definition) is 3. The maximum Gasteiger partial charge on any atom is 0.312 e. The third-order valence-corrected chi connectivity index (χ3v) is 3.01. The molecule has 0 aromatic carbocycles. The Labute approximate surface area is 96.4 Å². The summed E-state index contributed by atoms with van der Waals surface area (Å²) in [5.41, 5.74) is 4.96. The first-order valence-corrected chi connectivity index (χ1v) is 5.90. The fraction of sp³-hybridized carbons (Fsp3) is 0.818. The summed E-state index contributed by atoms with van der Waals surface area (Å²) in [7, 11) is 0. The Morgan fingerprint density at radius 1 is 1.31 bits per heavy atom. The first-order chi connectivity index (χ1) is 7.74. The Hall–Kier alpha value is -1.28. The molecule has 0 aromatic rings. The molecule has 16 heavy (non-hydrogen) atoms. The van der Waals surface area contributed by atoms with E-state index in [1.54, 1.807) is 0 Å². The lowest BCUT2D eigenvalue weighted by Gasteiger charge is -2.20. The van der Waals surface area contributed by atoms with E-state index in [2.05, 4.69) is 16.7 Å². The maximum atomic E-state index is 10.5. The van der Waals surface area contributed by atoms with Crippen molar-refractivity contribution in [2.24, 2.45) is 11.7 Å². The first kappa shape index (κ1) is 12.8. The number of primary amides is 1. The third kappa shape index (κ3) is 4.49. The van der Waals surface area contributed by atoms with Crippen LogP contribution in [0.5, 0.6) is 0 Å². The van der Waals surface area contributed by atoms with Crippen LogP contribution in [0.4, 0.5) is 4.79 Å². The molecule has 0 spiro atoms. The predicted molar refractivity (Wildman–Crippen MR) is 61.6 cm³/mol. The molecular formula is C11H20N4O.